The normalized spacial score (nSPS) is 9.94. The molecule has 0 spiro atoms. The first-order valence-corrected chi connectivity index (χ1v) is 5.08. The maximum atomic E-state index is 11.0. The Hall–Kier alpha value is -2.43. The molecule has 0 bridgehead atoms. The van der Waals surface area contributed by atoms with E-state index in [1.807, 2.05) is 12.1 Å². The molecule has 0 atom stereocenters. The van der Waals surface area contributed by atoms with Crippen LogP contribution < -0.4 is 11.1 Å². The first-order chi connectivity index (χ1) is 8.15. The van der Waals surface area contributed by atoms with E-state index in [4.69, 9.17) is 5.73 Å². The van der Waals surface area contributed by atoms with E-state index in [2.05, 4.69) is 15.3 Å². The summed E-state index contributed by atoms with van der Waals surface area (Å²) in [6, 6.07) is 5.34. The van der Waals surface area contributed by atoms with Crippen molar-refractivity contribution in [3.05, 3.63) is 36.9 Å². The van der Waals surface area contributed by atoms with E-state index in [-0.39, 0.29) is 5.91 Å². The molecular formula is C12H12N4O. The molecule has 0 unspecified atom stereocenters. The molecule has 0 aliphatic rings. The van der Waals surface area contributed by atoms with Gasteiger partial charge >= 0.3 is 0 Å². The number of nitrogens with one attached hydrogen (secondary N) is 1. The van der Waals surface area contributed by atoms with Crippen LogP contribution in [0.4, 0.5) is 11.4 Å². The number of nitrogens with zero attached hydrogens (tertiary/aromatic N) is 2. The molecule has 3 N–H and O–H groups in total. The molecule has 1 heterocycles. The molecule has 0 aliphatic heterocycles. The van der Waals surface area contributed by atoms with Gasteiger partial charge in [-0.3, -0.25) is 4.79 Å². The monoisotopic (exact) mass is 228 g/mol. The maximum absolute atomic E-state index is 11.0. The number of anilines is 2. The topological polar surface area (TPSA) is 80.9 Å². The third-order valence-corrected chi connectivity index (χ3v) is 2.17. The molecular weight excluding hydrogens is 216 g/mol. The molecule has 2 aromatic rings. The number of hydrogen-bond donors (Lipinski definition) is 2. The van der Waals surface area contributed by atoms with Gasteiger partial charge in [-0.2, -0.15) is 0 Å². The lowest BCUT2D eigenvalue weighted by Gasteiger charge is -2.07. The summed E-state index contributed by atoms with van der Waals surface area (Å²) in [6.45, 7) is 1.45. The van der Waals surface area contributed by atoms with Crippen LogP contribution >= 0.6 is 0 Å². The van der Waals surface area contributed by atoms with E-state index in [0.29, 0.717) is 11.4 Å². The lowest BCUT2D eigenvalue weighted by atomic mass is 10.1. The number of carbonyl (C=O) groups is 1. The number of aromatic nitrogens is 2. The fourth-order valence-corrected chi connectivity index (χ4v) is 1.54. The van der Waals surface area contributed by atoms with Gasteiger partial charge in [-0.1, -0.05) is 0 Å². The number of hydrogen-bond acceptors (Lipinski definition) is 4. The van der Waals surface area contributed by atoms with E-state index in [9.17, 15) is 4.79 Å². The highest BCUT2D eigenvalue weighted by atomic mass is 16.1. The van der Waals surface area contributed by atoms with Crippen molar-refractivity contribution in [2.75, 3.05) is 11.1 Å². The first kappa shape index (κ1) is 11.1. The Bertz CT molecular complexity index is 539. The van der Waals surface area contributed by atoms with Gasteiger partial charge in [0.05, 0.1) is 0 Å². The number of amides is 1. The van der Waals surface area contributed by atoms with Crippen LogP contribution in [0.15, 0.2) is 36.9 Å². The maximum Gasteiger partial charge on any atom is 0.221 e. The molecule has 0 fully saturated rings. The van der Waals surface area contributed by atoms with Crippen LogP contribution in [0.25, 0.3) is 11.1 Å². The van der Waals surface area contributed by atoms with Gasteiger partial charge in [0.1, 0.15) is 6.33 Å². The molecule has 0 saturated heterocycles. The van der Waals surface area contributed by atoms with E-state index in [1.165, 1.54) is 13.3 Å². The highest BCUT2D eigenvalue weighted by molar-refractivity contribution is 5.90. The Labute approximate surface area is 98.7 Å². The summed E-state index contributed by atoms with van der Waals surface area (Å²) < 4.78 is 0. The second-order valence-electron chi connectivity index (χ2n) is 3.65. The van der Waals surface area contributed by atoms with Gasteiger partial charge in [0.15, 0.2) is 0 Å². The SMILES string of the molecule is CC(=O)Nc1cc(N)cc(-c2cncnc2)c1. The van der Waals surface area contributed by atoms with Crippen LogP contribution in [0.5, 0.6) is 0 Å². The molecule has 1 amide bonds. The predicted molar refractivity (Wildman–Crippen MR) is 66.2 cm³/mol. The molecule has 0 aliphatic carbocycles. The van der Waals surface area contributed by atoms with Gasteiger partial charge in [-0.25, -0.2) is 9.97 Å². The molecule has 17 heavy (non-hydrogen) atoms. The van der Waals surface area contributed by atoms with Crippen LogP contribution in [-0.4, -0.2) is 15.9 Å². The molecule has 1 aromatic heterocycles. The highest BCUT2D eigenvalue weighted by Crippen LogP contribution is 2.24. The number of nitrogens with two attached hydrogens (primary N) is 1. The van der Waals surface area contributed by atoms with Crippen LogP contribution in [0.3, 0.4) is 0 Å². The summed E-state index contributed by atoms with van der Waals surface area (Å²) in [4.78, 5) is 18.9. The van der Waals surface area contributed by atoms with Crippen molar-refractivity contribution in [3.8, 4) is 11.1 Å². The standard InChI is InChI=1S/C12H12N4O/c1-8(17)16-12-3-9(2-11(13)4-12)10-5-14-7-15-6-10/h2-7H,13H2,1H3,(H,16,17). The third-order valence-electron chi connectivity index (χ3n) is 2.17. The average Bonchev–Trinajstić information content (AvgIpc) is 2.28. The largest absolute Gasteiger partial charge is 0.399 e. The first-order valence-electron chi connectivity index (χ1n) is 5.08. The van der Waals surface area contributed by atoms with Crippen LogP contribution in [0.1, 0.15) is 6.92 Å². The summed E-state index contributed by atoms with van der Waals surface area (Å²) in [5.41, 5.74) is 8.75. The van der Waals surface area contributed by atoms with Gasteiger partial charge in [0, 0.05) is 36.3 Å². The lowest BCUT2D eigenvalue weighted by molar-refractivity contribution is -0.114. The minimum Gasteiger partial charge on any atom is -0.399 e. The molecule has 2 rings (SSSR count). The molecule has 0 saturated carbocycles. The molecule has 5 nitrogen and oxygen atoms in total. The molecule has 86 valence electrons. The number of benzene rings is 1. The zero-order chi connectivity index (χ0) is 12.3. The fraction of sp³-hybridized carbons (Fsp3) is 0.0833. The van der Waals surface area contributed by atoms with E-state index in [1.54, 1.807) is 18.5 Å². The quantitative estimate of drug-likeness (QED) is 0.766. The van der Waals surface area contributed by atoms with E-state index < -0.39 is 0 Å². The van der Waals surface area contributed by atoms with Gasteiger partial charge in [0.25, 0.3) is 0 Å². The Morgan fingerprint density at radius 3 is 2.53 bits per heavy atom. The summed E-state index contributed by atoms with van der Waals surface area (Å²) in [5.74, 6) is -0.133. The van der Waals surface area contributed by atoms with Crippen LogP contribution in [0, 0.1) is 0 Å². The van der Waals surface area contributed by atoms with Crippen molar-refractivity contribution in [1.82, 2.24) is 9.97 Å². The van der Waals surface area contributed by atoms with Gasteiger partial charge in [-0.15, -0.1) is 0 Å². The summed E-state index contributed by atoms with van der Waals surface area (Å²) >= 11 is 0. The van der Waals surface area contributed by atoms with Gasteiger partial charge < -0.3 is 11.1 Å². The summed E-state index contributed by atoms with van der Waals surface area (Å²) in [6.07, 6.45) is 4.85. The van der Waals surface area contributed by atoms with E-state index in [0.717, 1.165) is 11.1 Å². The van der Waals surface area contributed by atoms with Crippen LogP contribution in [0.2, 0.25) is 0 Å². The van der Waals surface area contributed by atoms with Crippen molar-refractivity contribution in [2.45, 2.75) is 6.92 Å². The molecule has 0 radical (unpaired) electrons. The third kappa shape index (κ3) is 2.78. The Kier molecular flexibility index (Phi) is 3.00. The van der Waals surface area contributed by atoms with Crippen LogP contribution in [-0.2, 0) is 4.79 Å². The van der Waals surface area contributed by atoms with Gasteiger partial charge in [0.2, 0.25) is 5.91 Å². The van der Waals surface area contributed by atoms with Crippen molar-refractivity contribution >= 4 is 17.3 Å². The Morgan fingerprint density at radius 1 is 1.18 bits per heavy atom. The van der Waals surface area contributed by atoms with Crippen molar-refractivity contribution in [3.63, 3.8) is 0 Å². The number of nitrogen functional groups attached to an aromatic ring is 1. The summed E-state index contributed by atoms with van der Waals surface area (Å²) in [7, 11) is 0. The zero-order valence-electron chi connectivity index (χ0n) is 9.34. The van der Waals surface area contributed by atoms with Gasteiger partial charge in [-0.05, 0) is 23.8 Å². The lowest BCUT2D eigenvalue weighted by Crippen LogP contribution is -2.06. The second-order valence-corrected chi connectivity index (χ2v) is 3.65. The predicted octanol–water partition coefficient (Wildman–Crippen LogP) is 1.68. The van der Waals surface area contributed by atoms with E-state index >= 15 is 0 Å². The average molecular weight is 228 g/mol. The molecule has 5 heteroatoms. The molecule has 1 aromatic carbocycles. The van der Waals surface area contributed by atoms with Crippen molar-refractivity contribution < 1.29 is 4.79 Å². The van der Waals surface area contributed by atoms with Crippen molar-refractivity contribution in [2.24, 2.45) is 0 Å². The number of carbonyl (C=O) groups excluding carboxylic acids is 1. The minimum atomic E-state index is -0.133. The smallest absolute Gasteiger partial charge is 0.221 e. The number of rotatable bonds is 2. The Balaban J connectivity index is 2.42. The minimum absolute atomic E-state index is 0.133. The fourth-order valence-electron chi connectivity index (χ4n) is 1.54. The second kappa shape index (κ2) is 4.61. The Morgan fingerprint density at radius 2 is 1.88 bits per heavy atom. The van der Waals surface area contributed by atoms with Crippen molar-refractivity contribution in [1.29, 1.82) is 0 Å². The highest BCUT2D eigenvalue weighted by Gasteiger charge is 2.03. The summed E-state index contributed by atoms with van der Waals surface area (Å²) in [5, 5.41) is 2.70. The zero-order valence-corrected chi connectivity index (χ0v) is 9.34.